The molecule has 0 saturated carbocycles. The van der Waals surface area contributed by atoms with Gasteiger partial charge in [-0.1, -0.05) is 28.1 Å². The molecule has 2 nitrogen and oxygen atoms in total. The molecule has 0 aliphatic carbocycles. The normalized spacial score (nSPS) is 19.8. The third kappa shape index (κ3) is 3.57. The highest BCUT2D eigenvalue weighted by atomic mass is 79.9. The zero-order valence-electron chi connectivity index (χ0n) is 9.86. The van der Waals surface area contributed by atoms with Crippen molar-refractivity contribution in [3.8, 4) is 0 Å². The van der Waals surface area contributed by atoms with Crippen molar-refractivity contribution in [1.29, 1.82) is 0 Å². The van der Waals surface area contributed by atoms with Gasteiger partial charge in [-0.2, -0.15) is 11.8 Å². The maximum Gasteiger partial charge on any atom is 0.176 e. The molecule has 1 aromatic rings. The molecule has 0 aromatic heterocycles. The molecule has 0 N–H and O–H groups in total. The fourth-order valence-corrected chi connectivity index (χ4v) is 3.52. The lowest BCUT2D eigenvalue weighted by Crippen LogP contribution is -2.35. The number of hydrogen-bond acceptors (Lipinski definition) is 3. The molecule has 1 saturated heterocycles. The van der Waals surface area contributed by atoms with E-state index < -0.39 is 0 Å². The Labute approximate surface area is 115 Å². The molecule has 4 heteroatoms. The lowest BCUT2D eigenvalue weighted by atomic mass is 10.1. The summed E-state index contributed by atoms with van der Waals surface area (Å²) in [5.74, 6) is 2.59. The minimum Gasteiger partial charge on any atom is -0.295 e. The minimum absolute atomic E-state index is 0.205. The first-order chi connectivity index (χ1) is 8.16. The number of benzene rings is 1. The van der Waals surface area contributed by atoms with E-state index in [0.717, 1.165) is 15.8 Å². The number of carbonyl (C=O) groups excluding carboxylic acids is 1. The van der Waals surface area contributed by atoms with Gasteiger partial charge in [-0.25, -0.2) is 0 Å². The minimum atomic E-state index is 0.205. The molecule has 0 spiro atoms. The maximum absolute atomic E-state index is 12.1. The summed E-state index contributed by atoms with van der Waals surface area (Å²) < 4.78 is 1.01. The number of carbonyl (C=O) groups is 1. The SMILES string of the molecule is CN(CC(=O)c1ccc(Br)cc1)C1CCSC1. The molecule has 1 aromatic carbocycles. The highest BCUT2D eigenvalue weighted by Gasteiger charge is 2.21. The third-order valence-corrected chi connectivity index (χ3v) is 4.76. The van der Waals surface area contributed by atoms with E-state index in [1.54, 1.807) is 0 Å². The molecule has 1 unspecified atom stereocenters. The monoisotopic (exact) mass is 313 g/mol. The van der Waals surface area contributed by atoms with Crippen molar-refractivity contribution in [1.82, 2.24) is 4.90 Å². The summed E-state index contributed by atoms with van der Waals surface area (Å²) in [5, 5.41) is 0. The lowest BCUT2D eigenvalue weighted by Gasteiger charge is -2.22. The largest absolute Gasteiger partial charge is 0.295 e. The van der Waals surface area contributed by atoms with Gasteiger partial charge in [0.1, 0.15) is 0 Å². The highest BCUT2D eigenvalue weighted by molar-refractivity contribution is 9.10. The summed E-state index contributed by atoms with van der Waals surface area (Å²) in [7, 11) is 2.05. The van der Waals surface area contributed by atoms with Crippen LogP contribution < -0.4 is 0 Å². The second-order valence-corrected chi connectivity index (χ2v) is 6.43. The van der Waals surface area contributed by atoms with E-state index in [1.165, 1.54) is 12.2 Å². The van der Waals surface area contributed by atoms with Crippen molar-refractivity contribution in [3.05, 3.63) is 34.3 Å². The lowest BCUT2D eigenvalue weighted by molar-refractivity contribution is 0.0927. The van der Waals surface area contributed by atoms with Gasteiger partial charge < -0.3 is 0 Å². The van der Waals surface area contributed by atoms with Crippen LogP contribution in [0.1, 0.15) is 16.8 Å². The van der Waals surface area contributed by atoms with Gasteiger partial charge in [0.05, 0.1) is 6.54 Å². The highest BCUT2D eigenvalue weighted by Crippen LogP contribution is 2.21. The van der Waals surface area contributed by atoms with Crippen LogP contribution in [0.25, 0.3) is 0 Å². The zero-order valence-corrected chi connectivity index (χ0v) is 12.3. The average molecular weight is 314 g/mol. The summed E-state index contributed by atoms with van der Waals surface area (Å²) in [4.78, 5) is 14.2. The zero-order chi connectivity index (χ0) is 12.3. The number of thioether (sulfide) groups is 1. The molecule has 92 valence electrons. The summed E-state index contributed by atoms with van der Waals surface area (Å²) in [6, 6.07) is 8.16. The van der Waals surface area contributed by atoms with E-state index in [4.69, 9.17) is 0 Å². The standard InChI is InChI=1S/C13H16BrNOS/c1-15(12-6-7-17-9-12)8-13(16)10-2-4-11(14)5-3-10/h2-5,12H,6-9H2,1H3. The van der Waals surface area contributed by atoms with Crippen molar-refractivity contribution < 1.29 is 4.79 Å². The van der Waals surface area contributed by atoms with Crippen LogP contribution in [0.5, 0.6) is 0 Å². The van der Waals surface area contributed by atoms with Crippen LogP contribution in [-0.2, 0) is 0 Å². The second-order valence-electron chi connectivity index (χ2n) is 4.36. The number of rotatable bonds is 4. The summed E-state index contributed by atoms with van der Waals surface area (Å²) >= 11 is 5.35. The molecule has 1 aliphatic rings. The van der Waals surface area contributed by atoms with Crippen LogP contribution >= 0.6 is 27.7 Å². The van der Waals surface area contributed by atoms with E-state index in [2.05, 4.69) is 20.8 Å². The van der Waals surface area contributed by atoms with Gasteiger partial charge in [-0.05, 0) is 31.4 Å². The Kier molecular flexibility index (Phi) is 4.65. The van der Waals surface area contributed by atoms with Crippen LogP contribution in [-0.4, -0.2) is 41.8 Å². The van der Waals surface area contributed by atoms with Crippen LogP contribution in [0.15, 0.2) is 28.7 Å². The maximum atomic E-state index is 12.1. The first kappa shape index (κ1) is 13.1. The number of Topliss-reactive ketones (excluding diaryl/α,β-unsaturated/α-hetero) is 1. The fraction of sp³-hybridized carbons (Fsp3) is 0.462. The first-order valence-corrected chi connectivity index (χ1v) is 7.68. The number of ketones is 1. The Morgan fingerprint density at radius 3 is 2.76 bits per heavy atom. The summed E-state index contributed by atoms with van der Waals surface area (Å²) in [5.41, 5.74) is 0.797. The Hall–Kier alpha value is -0.320. The van der Waals surface area contributed by atoms with Gasteiger partial charge in [-0.15, -0.1) is 0 Å². The Balaban J connectivity index is 1.94. The van der Waals surface area contributed by atoms with Gasteiger partial charge in [0.2, 0.25) is 0 Å². The van der Waals surface area contributed by atoms with Gasteiger partial charge in [0, 0.05) is 21.8 Å². The topological polar surface area (TPSA) is 20.3 Å². The molecule has 17 heavy (non-hydrogen) atoms. The van der Waals surface area contributed by atoms with Gasteiger partial charge >= 0.3 is 0 Å². The van der Waals surface area contributed by atoms with E-state index in [1.807, 2.05) is 43.1 Å². The Bertz CT molecular complexity index is 387. The van der Waals surface area contributed by atoms with Crippen molar-refractivity contribution in [2.45, 2.75) is 12.5 Å². The number of hydrogen-bond donors (Lipinski definition) is 0. The van der Waals surface area contributed by atoms with E-state index in [-0.39, 0.29) is 5.78 Å². The number of nitrogens with zero attached hydrogens (tertiary/aromatic N) is 1. The molecule has 0 radical (unpaired) electrons. The van der Waals surface area contributed by atoms with Crippen LogP contribution in [0.2, 0.25) is 0 Å². The van der Waals surface area contributed by atoms with Crippen LogP contribution in [0.3, 0.4) is 0 Å². The summed E-state index contributed by atoms with van der Waals surface area (Å²) in [6.07, 6.45) is 1.20. The average Bonchev–Trinajstić information content (AvgIpc) is 2.83. The number of halogens is 1. The van der Waals surface area contributed by atoms with Crippen molar-refractivity contribution in [2.75, 3.05) is 25.1 Å². The van der Waals surface area contributed by atoms with E-state index in [0.29, 0.717) is 12.6 Å². The Morgan fingerprint density at radius 1 is 1.47 bits per heavy atom. The Morgan fingerprint density at radius 2 is 2.18 bits per heavy atom. The molecule has 1 fully saturated rings. The molecular weight excluding hydrogens is 298 g/mol. The molecule has 0 bridgehead atoms. The van der Waals surface area contributed by atoms with Crippen molar-refractivity contribution in [2.24, 2.45) is 0 Å². The van der Waals surface area contributed by atoms with Gasteiger partial charge in [0.15, 0.2) is 5.78 Å². The summed E-state index contributed by atoms with van der Waals surface area (Å²) in [6.45, 7) is 0.521. The van der Waals surface area contributed by atoms with Gasteiger partial charge in [-0.3, -0.25) is 9.69 Å². The van der Waals surface area contributed by atoms with E-state index >= 15 is 0 Å². The van der Waals surface area contributed by atoms with Gasteiger partial charge in [0.25, 0.3) is 0 Å². The molecule has 1 heterocycles. The second kappa shape index (κ2) is 6.03. The number of likely N-dealkylation sites (N-methyl/N-ethyl adjacent to an activating group) is 1. The molecule has 1 aliphatic heterocycles. The molecule has 0 amide bonds. The third-order valence-electron chi connectivity index (χ3n) is 3.09. The van der Waals surface area contributed by atoms with Crippen LogP contribution in [0, 0.1) is 0 Å². The molecule has 2 rings (SSSR count). The van der Waals surface area contributed by atoms with Crippen LogP contribution in [0.4, 0.5) is 0 Å². The predicted octanol–water partition coefficient (Wildman–Crippen LogP) is 3.07. The predicted molar refractivity (Wildman–Crippen MR) is 76.8 cm³/mol. The van der Waals surface area contributed by atoms with E-state index in [9.17, 15) is 4.79 Å². The first-order valence-electron chi connectivity index (χ1n) is 5.73. The van der Waals surface area contributed by atoms with Crippen molar-refractivity contribution >= 4 is 33.5 Å². The van der Waals surface area contributed by atoms with Crippen molar-refractivity contribution in [3.63, 3.8) is 0 Å². The fourth-order valence-electron chi connectivity index (χ4n) is 1.95. The smallest absolute Gasteiger partial charge is 0.176 e. The quantitative estimate of drug-likeness (QED) is 0.797. The molecular formula is C13H16BrNOS. The molecule has 1 atom stereocenters.